The number of rotatable bonds is 10. The van der Waals surface area contributed by atoms with Crippen molar-refractivity contribution in [3.8, 4) is 11.5 Å². The summed E-state index contributed by atoms with van der Waals surface area (Å²) in [5.41, 5.74) is 0.618. The molecule has 0 aromatic heterocycles. The van der Waals surface area contributed by atoms with Crippen LogP contribution in [-0.2, 0) is 20.0 Å². The number of nitrogens with one attached hydrogen (secondary N) is 2. The molecule has 0 bridgehead atoms. The zero-order chi connectivity index (χ0) is 23.2. The molecule has 0 saturated heterocycles. The Hall–Kier alpha value is -3.24. The van der Waals surface area contributed by atoms with E-state index in [1.54, 1.807) is 36.4 Å². The van der Waals surface area contributed by atoms with E-state index < -0.39 is 20.0 Å². The summed E-state index contributed by atoms with van der Waals surface area (Å²) < 4.78 is 66.0. The molecule has 0 amide bonds. The average molecular weight is 477 g/mol. The Kier molecular flexibility index (Phi) is 7.26. The van der Waals surface area contributed by atoms with Gasteiger partial charge in [0.05, 0.1) is 23.0 Å². The van der Waals surface area contributed by atoms with Crippen LogP contribution in [0.2, 0.25) is 0 Å². The van der Waals surface area contributed by atoms with Crippen LogP contribution in [0.5, 0.6) is 11.5 Å². The molecule has 3 aromatic carbocycles. The van der Waals surface area contributed by atoms with Crippen LogP contribution < -0.4 is 18.9 Å². The third-order valence-electron chi connectivity index (χ3n) is 4.28. The number of sulfonamides is 2. The summed E-state index contributed by atoms with van der Waals surface area (Å²) in [6, 6.07) is 18.0. The normalized spacial score (nSPS) is 11.6. The number of anilines is 2. The third-order valence-corrected chi connectivity index (χ3v) is 7.07. The van der Waals surface area contributed by atoms with Crippen LogP contribution >= 0.6 is 0 Å². The van der Waals surface area contributed by atoms with Gasteiger partial charge in [-0.25, -0.2) is 16.8 Å². The lowest BCUT2D eigenvalue weighted by atomic mass is 10.3. The van der Waals surface area contributed by atoms with Crippen molar-refractivity contribution in [2.45, 2.75) is 23.6 Å². The molecule has 10 heteroatoms. The summed E-state index contributed by atoms with van der Waals surface area (Å²) in [6.45, 7) is 4.69. The fraction of sp³-hybridized carbons (Fsp3) is 0.182. The Balaban J connectivity index is 1.70. The summed E-state index contributed by atoms with van der Waals surface area (Å²) >= 11 is 0. The van der Waals surface area contributed by atoms with Gasteiger partial charge >= 0.3 is 0 Å². The second-order valence-corrected chi connectivity index (χ2v) is 9.96. The van der Waals surface area contributed by atoms with Crippen LogP contribution in [0.15, 0.2) is 82.6 Å². The van der Waals surface area contributed by atoms with Crippen LogP contribution in [0.4, 0.5) is 11.4 Å². The smallest absolute Gasteiger partial charge is 0.261 e. The average Bonchev–Trinajstić information content (AvgIpc) is 2.76. The Morgan fingerprint density at radius 2 is 0.875 bits per heavy atom. The highest BCUT2D eigenvalue weighted by Gasteiger charge is 2.17. The van der Waals surface area contributed by atoms with Crippen LogP contribution in [-0.4, -0.2) is 30.0 Å². The summed E-state index contributed by atoms with van der Waals surface area (Å²) in [6.07, 6.45) is 0. The molecule has 2 N–H and O–H groups in total. The number of ether oxygens (including phenoxy) is 2. The van der Waals surface area contributed by atoms with E-state index in [0.29, 0.717) is 30.4 Å². The third kappa shape index (κ3) is 5.92. The standard InChI is InChI=1S/C22H24N2O6S2/c1-3-29-19-9-5-17(6-10-19)23-31(25,26)21-13-7-18(8-14-21)24-32(27,28)22-15-11-20(12-16-22)30-4-2/h5-16,23-24H,3-4H2,1-2H3. The van der Waals surface area contributed by atoms with E-state index in [0.717, 1.165) is 0 Å². The summed E-state index contributed by atoms with van der Waals surface area (Å²) in [5.74, 6) is 1.21. The maximum absolute atomic E-state index is 12.6. The van der Waals surface area contributed by atoms with Gasteiger partial charge < -0.3 is 9.47 Å². The fourth-order valence-electron chi connectivity index (χ4n) is 2.80. The first-order valence-corrected chi connectivity index (χ1v) is 12.8. The molecule has 0 spiro atoms. The van der Waals surface area contributed by atoms with E-state index in [1.807, 2.05) is 13.8 Å². The summed E-state index contributed by atoms with van der Waals surface area (Å²) in [7, 11) is -7.68. The van der Waals surface area contributed by atoms with Crippen molar-refractivity contribution in [2.24, 2.45) is 0 Å². The van der Waals surface area contributed by atoms with E-state index in [4.69, 9.17) is 9.47 Å². The van der Waals surface area contributed by atoms with E-state index in [9.17, 15) is 16.8 Å². The fourth-order valence-corrected chi connectivity index (χ4v) is 4.92. The summed E-state index contributed by atoms with van der Waals surface area (Å²) in [4.78, 5) is 0.0604. The van der Waals surface area contributed by atoms with Gasteiger partial charge in [-0.2, -0.15) is 0 Å². The molecule has 0 atom stereocenters. The van der Waals surface area contributed by atoms with Gasteiger partial charge in [-0.1, -0.05) is 0 Å². The first kappa shape index (κ1) is 23.4. The molecule has 0 heterocycles. The highest BCUT2D eigenvalue weighted by Crippen LogP contribution is 2.23. The molecule has 0 unspecified atom stereocenters. The molecule has 3 rings (SSSR count). The van der Waals surface area contributed by atoms with Crippen molar-refractivity contribution >= 4 is 31.4 Å². The van der Waals surface area contributed by atoms with Crippen molar-refractivity contribution in [1.82, 2.24) is 0 Å². The number of benzene rings is 3. The van der Waals surface area contributed by atoms with Crippen molar-refractivity contribution in [2.75, 3.05) is 22.7 Å². The largest absolute Gasteiger partial charge is 0.494 e. The van der Waals surface area contributed by atoms with E-state index in [2.05, 4.69) is 9.44 Å². The van der Waals surface area contributed by atoms with E-state index in [1.165, 1.54) is 36.4 Å². The van der Waals surface area contributed by atoms with Gasteiger partial charge in [0.1, 0.15) is 11.5 Å². The lowest BCUT2D eigenvalue weighted by Crippen LogP contribution is -2.14. The lowest BCUT2D eigenvalue weighted by Gasteiger charge is -2.11. The van der Waals surface area contributed by atoms with Crippen molar-refractivity contribution in [3.63, 3.8) is 0 Å². The minimum atomic E-state index is -3.84. The highest BCUT2D eigenvalue weighted by molar-refractivity contribution is 7.93. The van der Waals surface area contributed by atoms with Gasteiger partial charge in [0.2, 0.25) is 0 Å². The maximum Gasteiger partial charge on any atom is 0.261 e. The molecule has 32 heavy (non-hydrogen) atoms. The lowest BCUT2D eigenvalue weighted by molar-refractivity contribution is 0.340. The van der Waals surface area contributed by atoms with Crippen molar-refractivity contribution in [1.29, 1.82) is 0 Å². The maximum atomic E-state index is 12.6. The molecule has 0 fully saturated rings. The predicted octanol–water partition coefficient (Wildman–Crippen LogP) is 4.09. The highest BCUT2D eigenvalue weighted by atomic mass is 32.2. The Labute approximate surface area is 188 Å². The molecule has 0 aliphatic carbocycles. The van der Waals surface area contributed by atoms with Crippen molar-refractivity contribution < 1.29 is 26.3 Å². The molecule has 0 aliphatic heterocycles. The summed E-state index contributed by atoms with van der Waals surface area (Å²) in [5, 5.41) is 0. The van der Waals surface area contributed by atoms with E-state index >= 15 is 0 Å². The first-order valence-electron chi connectivity index (χ1n) is 9.85. The van der Waals surface area contributed by atoms with Gasteiger partial charge in [-0.3, -0.25) is 9.44 Å². The van der Waals surface area contributed by atoms with Crippen molar-refractivity contribution in [3.05, 3.63) is 72.8 Å². The molecule has 0 radical (unpaired) electrons. The molecule has 8 nitrogen and oxygen atoms in total. The molecule has 170 valence electrons. The SMILES string of the molecule is CCOc1ccc(NS(=O)(=O)c2ccc(NS(=O)(=O)c3ccc(OCC)cc3)cc2)cc1. The molecular weight excluding hydrogens is 452 g/mol. The monoisotopic (exact) mass is 476 g/mol. The second-order valence-electron chi connectivity index (χ2n) is 6.60. The topological polar surface area (TPSA) is 111 Å². The van der Waals surface area contributed by atoms with Gasteiger partial charge in [0.15, 0.2) is 0 Å². The Morgan fingerprint density at radius 1 is 0.562 bits per heavy atom. The van der Waals surface area contributed by atoms with Crippen LogP contribution in [0.3, 0.4) is 0 Å². The van der Waals surface area contributed by atoms with Crippen LogP contribution in [0, 0.1) is 0 Å². The zero-order valence-corrected chi connectivity index (χ0v) is 19.2. The van der Waals surface area contributed by atoms with E-state index in [-0.39, 0.29) is 15.5 Å². The van der Waals surface area contributed by atoms with Gasteiger partial charge in [-0.15, -0.1) is 0 Å². The minimum Gasteiger partial charge on any atom is -0.494 e. The van der Waals surface area contributed by atoms with Crippen LogP contribution in [0.25, 0.3) is 0 Å². The quantitative estimate of drug-likeness (QED) is 0.456. The number of hydrogen-bond acceptors (Lipinski definition) is 6. The van der Waals surface area contributed by atoms with Gasteiger partial charge in [0, 0.05) is 11.4 Å². The zero-order valence-electron chi connectivity index (χ0n) is 17.6. The second kappa shape index (κ2) is 9.92. The predicted molar refractivity (Wildman–Crippen MR) is 123 cm³/mol. The Morgan fingerprint density at radius 3 is 1.25 bits per heavy atom. The Bertz CT molecular complexity index is 1240. The minimum absolute atomic E-state index is 0.00426. The van der Waals surface area contributed by atoms with Gasteiger partial charge in [0.25, 0.3) is 20.0 Å². The van der Waals surface area contributed by atoms with Crippen LogP contribution in [0.1, 0.15) is 13.8 Å². The van der Waals surface area contributed by atoms with Gasteiger partial charge in [-0.05, 0) is 86.6 Å². The first-order chi connectivity index (χ1) is 15.2. The molecule has 3 aromatic rings. The molecule has 0 saturated carbocycles. The molecular formula is C22H24N2O6S2. The molecule has 0 aliphatic rings. The number of hydrogen-bond donors (Lipinski definition) is 2.